The van der Waals surface area contributed by atoms with Crippen molar-refractivity contribution in [2.75, 3.05) is 11.5 Å². The van der Waals surface area contributed by atoms with Gasteiger partial charge in [-0.15, -0.1) is 0 Å². The molecule has 1 amide bonds. The summed E-state index contributed by atoms with van der Waals surface area (Å²) in [5.41, 5.74) is 5.54. The van der Waals surface area contributed by atoms with Crippen LogP contribution in [-0.4, -0.2) is 17.6 Å². The molecule has 0 spiro atoms. The van der Waals surface area contributed by atoms with E-state index in [0.29, 0.717) is 5.56 Å². The van der Waals surface area contributed by atoms with Crippen LogP contribution >= 0.6 is 0 Å². The van der Waals surface area contributed by atoms with Gasteiger partial charge in [-0.3, -0.25) is 4.79 Å². The number of carbonyl (C=O) groups is 1. The van der Waals surface area contributed by atoms with E-state index in [1.54, 1.807) is 17.0 Å². The van der Waals surface area contributed by atoms with E-state index in [-0.39, 0.29) is 24.8 Å². The Morgan fingerprint density at radius 1 is 0.828 bits per heavy atom. The second-order valence-electron chi connectivity index (χ2n) is 7.36. The zero-order valence-electron chi connectivity index (χ0n) is 17.4. The summed E-state index contributed by atoms with van der Waals surface area (Å²) >= 11 is 0. The van der Waals surface area contributed by atoms with Gasteiger partial charge in [0, 0.05) is 11.3 Å². The standard InChI is InChI=1S/C25H27NO3/c1-17-9-7-10-18(2)24(17)26(15-21-13-5-6-14-22(21)27)23(28)16-29-25-19(3)11-8-12-20(25)4/h5-14,27H,15-16H2,1-4H3. The molecule has 0 atom stereocenters. The number of nitrogens with zero attached hydrogens (tertiary/aromatic N) is 1. The van der Waals surface area contributed by atoms with Gasteiger partial charge in [-0.2, -0.15) is 0 Å². The van der Waals surface area contributed by atoms with Crippen LogP contribution in [0.2, 0.25) is 0 Å². The normalized spacial score (nSPS) is 10.6. The Balaban J connectivity index is 1.92. The number of benzene rings is 3. The van der Waals surface area contributed by atoms with Crippen molar-refractivity contribution in [1.82, 2.24) is 0 Å². The van der Waals surface area contributed by atoms with Gasteiger partial charge in [-0.1, -0.05) is 54.6 Å². The van der Waals surface area contributed by atoms with Crippen LogP contribution in [0.1, 0.15) is 27.8 Å². The van der Waals surface area contributed by atoms with E-state index in [2.05, 4.69) is 0 Å². The maximum absolute atomic E-state index is 13.3. The molecule has 3 aromatic rings. The molecule has 150 valence electrons. The van der Waals surface area contributed by atoms with Gasteiger partial charge in [0.2, 0.25) is 0 Å². The van der Waals surface area contributed by atoms with Crippen LogP contribution in [0.25, 0.3) is 0 Å². The third-order valence-corrected chi connectivity index (χ3v) is 5.08. The first kappa shape index (κ1) is 20.5. The van der Waals surface area contributed by atoms with Gasteiger partial charge in [-0.05, 0) is 56.0 Å². The van der Waals surface area contributed by atoms with Gasteiger partial charge >= 0.3 is 0 Å². The fourth-order valence-corrected chi connectivity index (χ4v) is 3.58. The highest BCUT2D eigenvalue weighted by Crippen LogP contribution is 2.29. The zero-order valence-corrected chi connectivity index (χ0v) is 17.4. The molecule has 3 rings (SSSR count). The van der Waals surface area contributed by atoms with Crippen LogP contribution in [0.3, 0.4) is 0 Å². The van der Waals surface area contributed by atoms with Crippen molar-refractivity contribution in [2.45, 2.75) is 34.2 Å². The molecule has 0 aliphatic carbocycles. The van der Waals surface area contributed by atoms with Crippen molar-refractivity contribution in [2.24, 2.45) is 0 Å². The molecule has 3 aromatic carbocycles. The van der Waals surface area contributed by atoms with Crippen LogP contribution in [-0.2, 0) is 11.3 Å². The average Bonchev–Trinajstić information content (AvgIpc) is 2.68. The third kappa shape index (κ3) is 4.60. The highest BCUT2D eigenvalue weighted by molar-refractivity contribution is 5.96. The van der Waals surface area contributed by atoms with Crippen molar-refractivity contribution < 1.29 is 14.6 Å². The molecule has 0 radical (unpaired) electrons. The lowest BCUT2D eigenvalue weighted by atomic mass is 10.1. The molecule has 0 aliphatic heterocycles. The van der Waals surface area contributed by atoms with E-state index >= 15 is 0 Å². The molecule has 1 N–H and O–H groups in total. The predicted molar refractivity (Wildman–Crippen MR) is 117 cm³/mol. The van der Waals surface area contributed by atoms with E-state index in [1.807, 2.05) is 76.2 Å². The predicted octanol–water partition coefficient (Wildman–Crippen LogP) is 5.24. The van der Waals surface area contributed by atoms with E-state index < -0.39 is 0 Å². The van der Waals surface area contributed by atoms with Crippen LogP contribution < -0.4 is 9.64 Å². The Hall–Kier alpha value is -3.27. The van der Waals surface area contributed by atoms with Crippen molar-refractivity contribution >= 4 is 11.6 Å². The number of ether oxygens (including phenoxy) is 1. The van der Waals surface area contributed by atoms with Gasteiger partial charge < -0.3 is 14.7 Å². The quantitative estimate of drug-likeness (QED) is 0.627. The maximum atomic E-state index is 13.3. The van der Waals surface area contributed by atoms with E-state index in [1.165, 1.54) is 0 Å². The van der Waals surface area contributed by atoms with E-state index in [0.717, 1.165) is 33.7 Å². The summed E-state index contributed by atoms with van der Waals surface area (Å²) in [6.45, 7) is 8.11. The Bertz CT molecular complexity index is 986. The van der Waals surface area contributed by atoms with Crippen molar-refractivity contribution in [1.29, 1.82) is 0 Å². The summed E-state index contributed by atoms with van der Waals surface area (Å²) in [6, 6.07) is 19.0. The fourth-order valence-electron chi connectivity index (χ4n) is 3.58. The molecule has 0 heterocycles. The summed E-state index contributed by atoms with van der Waals surface area (Å²) in [7, 11) is 0. The summed E-state index contributed by atoms with van der Waals surface area (Å²) in [5.74, 6) is 0.755. The molecule has 0 bridgehead atoms. The summed E-state index contributed by atoms with van der Waals surface area (Å²) in [4.78, 5) is 15.0. The first-order valence-corrected chi connectivity index (χ1v) is 9.71. The van der Waals surface area contributed by atoms with Crippen LogP contribution in [0.4, 0.5) is 5.69 Å². The minimum atomic E-state index is -0.159. The number of hydrogen-bond donors (Lipinski definition) is 1. The minimum absolute atomic E-state index is 0.0763. The average molecular weight is 389 g/mol. The molecule has 29 heavy (non-hydrogen) atoms. The molecular weight excluding hydrogens is 362 g/mol. The lowest BCUT2D eigenvalue weighted by molar-refractivity contribution is -0.120. The Labute approximate surface area is 172 Å². The minimum Gasteiger partial charge on any atom is -0.508 e. The second-order valence-corrected chi connectivity index (χ2v) is 7.36. The molecular formula is C25H27NO3. The van der Waals surface area contributed by atoms with Gasteiger partial charge in [0.05, 0.1) is 6.54 Å². The number of phenolic OH excluding ortho intramolecular Hbond substituents is 1. The lowest BCUT2D eigenvalue weighted by Crippen LogP contribution is -2.35. The van der Waals surface area contributed by atoms with Crippen LogP contribution in [0, 0.1) is 27.7 Å². The summed E-state index contributed by atoms with van der Waals surface area (Å²) in [6.07, 6.45) is 0. The number of aromatic hydroxyl groups is 1. The number of rotatable bonds is 6. The number of anilines is 1. The third-order valence-electron chi connectivity index (χ3n) is 5.08. The van der Waals surface area contributed by atoms with Gasteiger partial charge in [-0.25, -0.2) is 0 Å². The Kier molecular flexibility index (Phi) is 6.23. The molecule has 0 unspecified atom stereocenters. The van der Waals surface area contributed by atoms with Crippen LogP contribution in [0.5, 0.6) is 11.5 Å². The second kappa shape index (κ2) is 8.82. The number of phenols is 1. The van der Waals surface area contributed by atoms with Crippen molar-refractivity contribution in [3.05, 3.63) is 88.5 Å². The van der Waals surface area contributed by atoms with Gasteiger partial charge in [0.15, 0.2) is 6.61 Å². The van der Waals surface area contributed by atoms with Gasteiger partial charge in [0.1, 0.15) is 11.5 Å². The first-order valence-electron chi connectivity index (χ1n) is 9.71. The molecule has 0 fully saturated rings. The molecule has 0 aromatic heterocycles. The largest absolute Gasteiger partial charge is 0.508 e. The highest BCUT2D eigenvalue weighted by atomic mass is 16.5. The number of aryl methyl sites for hydroxylation is 4. The highest BCUT2D eigenvalue weighted by Gasteiger charge is 2.22. The number of carbonyl (C=O) groups excluding carboxylic acids is 1. The summed E-state index contributed by atoms with van der Waals surface area (Å²) in [5, 5.41) is 10.2. The molecule has 4 heteroatoms. The van der Waals surface area contributed by atoms with E-state index in [9.17, 15) is 9.90 Å². The van der Waals surface area contributed by atoms with E-state index in [4.69, 9.17) is 4.74 Å². The number of para-hydroxylation sites is 3. The molecule has 4 nitrogen and oxygen atoms in total. The molecule has 0 aliphatic rings. The topological polar surface area (TPSA) is 49.8 Å². The molecule has 0 saturated heterocycles. The lowest BCUT2D eigenvalue weighted by Gasteiger charge is -2.27. The summed E-state index contributed by atoms with van der Waals surface area (Å²) < 4.78 is 5.93. The Morgan fingerprint density at radius 2 is 1.38 bits per heavy atom. The van der Waals surface area contributed by atoms with Crippen LogP contribution in [0.15, 0.2) is 60.7 Å². The Morgan fingerprint density at radius 3 is 1.97 bits per heavy atom. The molecule has 0 saturated carbocycles. The smallest absolute Gasteiger partial charge is 0.265 e. The fraction of sp³-hybridized carbons (Fsp3) is 0.240. The monoisotopic (exact) mass is 389 g/mol. The maximum Gasteiger partial charge on any atom is 0.265 e. The van der Waals surface area contributed by atoms with Crippen molar-refractivity contribution in [3.8, 4) is 11.5 Å². The van der Waals surface area contributed by atoms with Gasteiger partial charge in [0.25, 0.3) is 5.91 Å². The first-order chi connectivity index (χ1) is 13.9. The SMILES string of the molecule is Cc1cccc(C)c1OCC(=O)N(Cc1ccccc1O)c1c(C)cccc1C. The zero-order chi connectivity index (χ0) is 21.0. The van der Waals surface area contributed by atoms with Crippen molar-refractivity contribution in [3.63, 3.8) is 0 Å². The number of hydrogen-bond acceptors (Lipinski definition) is 3. The number of amides is 1.